The summed E-state index contributed by atoms with van der Waals surface area (Å²) in [5.41, 5.74) is 0. The molecular formula is C11H12ClNO3S. The van der Waals surface area contributed by atoms with E-state index in [1.807, 2.05) is 6.07 Å². The third-order valence-corrected chi connectivity index (χ3v) is 4.05. The van der Waals surface area contributed by atoms with Crippen LogP contribution in [0.1, 0.15) is 17.7 Å². The lowest BCUT2D eigenvalue weighted by Gasteiger charge is -2.32. The van der Waals surface area contributed by atoms with Crippen LogP contribution >= 0.6 is 22.9 Å². The quantitative estimate of drug-likeness (QED) is 0.881. The summed E-state index contributed by atoms with van der Waals surface area (Å²) < 4.78 is 0.669. The monoisotopic (exact) mass is 273 g/mol. The van der Waals surface area contributed by atoms with Gasteiger partial charge in [-0.3, -0.25) is 9.59 Å². The second kappa shape index (κ2) is 5.06. The van der Waals surface area contributed by atoms with Crippen molar-refractivity contribution in [2.75, 3.05) is 0 Å². The molecule has 0 aliphatic heterocycles. The van der Waals surface area contributed by atoms with Gasteiger partial charge in [-0.2, -0.15) is 0 Å². The van der Waals surface area contributed by atoms with Crippen LogP contribution in [0.25, 0.3) is 0 Å². The molecule has 0 saturated heterocycles. The highest BCUT2D eigenvalue weighted by Gasteiger charge is 2.35. The molecule has 2 N–H and O–H groups in total. The van der Waals surface area contributed by atoms with Gasteiger partial charge in [0.1, 0.15) is 0 Å². The molecule has 0 bridgehead atoms. The van der Waals surface area contributed by atoms with Gasteiger partial charge in [0.05, 0.1) is 16.7 Å². The summed E-state index contributed by atoms with van der Waals surface area (Å²) in [5.74, 6) is -1.14. The molecule has 0 radical (unpaired) electrons. The molecule has 1 amide bonds. The first-order valence-corrected chi connectivity index (χ1v) is 6.50. The number of hydrogen-bond donors (Lipinski definition) is 2. The standard InChI is InChI=1S/C11H12ClNO3S/c12-9-2-1-8(17-9)5-10(14)13-7-3-6(4-7)11(15)16/h1-2,6-7H,3-5H2,(H,13,14)(H,15,16). The molecule has 0 spiro atoms. The lowest BCUT2D eigenvalue weighted by atomic mass is 9.80. The highest BCUT2D eigenvalue weighted by Crippen LogP contribution is 2.27. The third-order valence-electron chi connectivity index (χ3n) is 2.82. The van der Waals surface area contributed by atoms with Crippen molar-refractivity contribution in [3.8, 4) is 0 Å². The molecule has 1 aromatic heterocycles. The fourth-order valence-electron chi connectivity index (χ4n) is 1.82. The van der Waals surface area contributed by atoms with E-state index >= 15 is 0 Å². The van der Waals surface area contributed by atoms with E-state index in [2.05, 4.69) is 5.32 Å². The van der Waals surface area contributed by atoms with Crippen molar-refractivity contribution in [2.24, 2.45) is 5.92 Å². The number of carbonyl (C=O) groups excluding carboxylic acids is 1. The van der Waals surface area contributed by atoms with Crippen LogP contribution in [0.5, 0.6) is 0 Å². The zero-order valence-electron chi connectivity index (χ0n) is 8.98. The van der Waals surface area contributed by atoms with E-state index in [1.54, 1.807) is 6.07 Å². The molecule has 1 aromatic rings. The van der Waals surface area contributed by atoms with E-state index in [1.165, 1.54) is 11.3 Å². The van der Waals surface area contributed by atoms with E-state index in [0.717, 1.165) is 4.88 Å². The number of rotatable bonds is 4. The SMILES string of the molecule is O=C(Cc1ccc(Cl)s1)NC1CC(C(=O)O)C1. The maximum atomic E-state index is 11.6. The van der Waals surface area contributed by atoms with Crippen molar-refractivity contribution < 1.29 is 14.7 Å². The number of carbonyl (C=O) groups is 2. The molecule has 1 aliphatic carbocycles. The van der Waals surface area contributed by atoms with Gasteiger partial charge in [0.2, 0.25) is 5.91 Å². The Hall–Kier alpha value is -1.07. The highest BCUT2D eigenvalue weighted by atomic mass is 35.5. The summed E-state index contributed by atoms with van der Waals surface area (Å²) in [4.78, 5) is 23.1. The average molecular weight is 274 g/mol. The summed E-state index contributed by atoms with van der Waals surface area (Å²) in [6, 6.07) is 3.60. The lowest BCUT2D eigenvalue weighted by Crippen LogP contribution is -2.47. The van der Waals surface area contributed by atoms with Gasteiger partial charge in [-0.25, -0.2) is 0 Å². The van der Waals surface area contributed by atoms with Gasteiger partial charge in [-0.05, 0) is 25.0 Å². The largest absolute Gasteiger partial charge is 0.481 e. The second-order valence-corrected chi connectivity index (χ2v) is 5.95. The summed E-state index contributed by atoms with van der Waals surface area (Å²) in [5, 5.41) is 11.5. The first-order valence-electron chi connectivity index (χ1n) is 5.31. The van der Waals surface area contributed by atoms with Gasteiger partial charge in [0.25, 0.3) is 0 Å². The molecule has 92 valence electrons. The van der Waals surface area contributed by atoms with Crippen molar-refractivity contribution in [3.05, 3.63) is 21.3 Å². The predicted molar refractivity (Wildman–Crippen MR) is 65.3 cm³/mol. The van der Waals surface area contributed by atoms with Crippen molar-refractivity contribution in [1.29, 1.82) is 0 Å². The molecule has 0 atom stereocenters. The Morgan fingerprint density at radius 2 is 2.18 bits per heavy atom. The summed E-state index contributed by atoms with van der Waals surface area (Å²) in [7, 11) is 0. The molecule has 1 saturated carbocycles. The number of carboxylic acid groups (broad SMARTS) is 1. The number of carboxylic acids is 1. The predicted octanol–water partition coefficient (Wildman–Crippen LogP) is 1.92. The molecule has 1 aliphatic rings. The Morgan fingerprint density at radius 3 is 2.71 bits per heavy atom. The topological polar surface area (TPSA) is 66.4 Å². The zero-order chi connectivity index (χ0) is 12.4. The molecule has 6 heteroatoms. The number of amides is 1. The molecule has 17 heavy (non-hydrogen) atoms. The van der Waals surface area contributed by atoms with Crippen LogP contribution in [0.2, 0.25) is 4.34 Å². The maximum Gasteiger partial charge on any atom is 0.306 e. The molecular weight excluding hydrogens is 262 g/mol. The number of nitrogens with one attached hydrogen (secondary N) is 1. The molecule has 4 nitrogen and oxygen atoms in total. The van der Waals surface area contributed by atoms with E-state index in [9.17, 15) is 9.59 Å². The van der Waals surface area contributed by atoms with Gasteiger partial charge in [0.15, 0.2) is 0 Å². The smallest absolute Gasteiger partial charge is 0.306 e. The molecule has 1 heterocycles. The van der Waals surface area contributed by atoms with Crippen molar-refractivity contribution >= 4 is 34.8 Å². The van der Waals surface area contributed by atoms with E-state index in [4.69, 9.17) is 16.7 Å². The molecule has 1 fully saturated rings. The van der Waals surface area contributed by atoms with Crippen molar-refractivity contribution in [2.45, 2.75) is 25.3 Å². The summed E-state index contributed by atoms with van der Waals surface area (Å²) in [6.45, 7) is 0. The lowest BCUT2D eigenvalue weighted by molar-refractivity contribution is -0.146. The van der Waals surface area contributed by atoms with Gasteiger partial charge in [-0.15, -0.1) is 11.3 Å². The number of halogens is 1. The minimum absolute atomic E-state index is 0.0130. The average Bonchev–Trinajstić information content (AvgIpc) is 2.56. The highest BCUT2D eigenvalue weighted by molar-refractivity contribution is 7.16. The number of hydrogen-bond acceptors (Lipinski definition) is 3. The van der Waals surface area contributed by atoms with E-state index in [-0.39, 0.29) is 17.9 Å². The fourth-order valence-corrected chi connectivity index (χ4v) is 2.91. The van der Waals surface area contributed by atoms with Crippen molar-refractivity contribution in [3.63, 3.8) is 0 Å². The molecule has 0 aromatic carbocycles. The minimum Gasteiger partial charge on any atom is -0.481 e. The first kappa shape index (κ1) is 12.4. The fraction of sp³-hybridized carbons (Fsp3) is 0.455. The van der Waals surface area contributed by atoms with Crippen LogP contribution in [0.15, 0.2) is 12.1 Å². The van der Waals surface area contributed by atoms with E-state index in [0.29, 0.717) is 23.6 Å². The van der Waals surface area contributed by atoms with Gasteiger partial charge in [-0.1, -0.05) is 11.6 Å². The zero-order valence-corrected chi connectivity index (χ0v) is 10.6. The van der Waals surface area contributed by atoms with Crippen LogP contribution < -0.4 is 5.32 Å². The Labute approximate surface area is 108 Å². The van der Waals surface area contributed by atoms with Crippen molar-refractivity contribution in [1.82, 2.24) is 5.32 Å². The Bertz CT molecular complexity index is 440. The molecule has 0 unspecified atom stereocenters. The minimum atomic E-state index is -0.777. The van der Waals surface area contributed by atoms with Crippen LogP contribution in [0.3, 0.4) is 0 Å². The van der Waals surface area contributed by atoms with Crippen LogP contribution in [-0.2, 0) is 16.0 Å². The van der Waals surface area contributed by atoms with E-state index < -0.39 is 5.97 Å². The number of aliphatic carboxylic acids is 1. The normalized spacial score (nSPS) is 22.9. The first-order chi connectivity index (χ1) is 8.04. The summed E-state index contributed by atoms with van der Waals surface area (Å²) >= 11 is 7.15. The van der Waals surface area contributed by atoms with Crippen LogP contribution in [0, 0.1) is 5.92 Å². The Kier molecular flexibility index (Phi) is 3.69. The Balaban J connectivity index is 1.74. The van der Waals surface area contributed by atoms with Gasteiger partial charge in [0, 0.05) is 10.9 Å². The third kappa shape index (κ3) is 3.20. The number of thiophene rings is 1. The second-order valence-electron chi connectivity index (χ2n) is 4.15. The van der Waals surface area contributed by atoms with Gasteiger partial charge >= 0.3 is 5.97 Å². The Morgan fingerprint density at radius 1 is 1.47 bits per heavy atom. The maximum absolute atomic E-state index is 11.6. The summed E-state index contributed by atoms with van der Waals surface area (Å²) in [6.07, 6.45) is 1.38. The van der Waals surface area contributed by atoms with Gasteiger partial charge < -0.3 is 10.4 Å². The van der Waals surface area contributed by atoms with Crippen LogP contribution in [-0.4, -0.2) is 23.0 Å². The molecule has 2 rings (SSSR count). The van der Waals surface area contributed by atoms with Crippen LogP contribution in [0.4, 0.5) is 0 Å².